The maximum atomic E-state index is 14.2. The maximum Gasteiger partial charge on any atom is 0.305 e. The number of hydrogen-bond acceptors (Lipinski definition) is 11. The average Bonchev–Trinajstić information content (AvgIpc) is 3.44. The quantitative estimate of drug-likeness (QED) is 0.0330. The van der Waals surface area contributed by atoms with Gasteiger partial charge in [0, 0.05) is 57.6 Å². The van der Waals surface area contributed by atoms with Crippen LogP contribution in [0.1, 0.15) is 311 Å². The Hall–Kier alpha value is -1.44. The van der Waals surface area contributed by atoms with Crippen molar-refractivity contribution in [2.45, 2.75) is 329 Å². The minimum absolute atomic E-state index is 0.157. The Bertz CT molecular complexity index is 1210. The highest BCUT2D eigenvalue weighted by Gasteiger charge is 2.28. The van der Waals surface area contributed by atoms with Gasteiger partial charge in [-0.25, -0.2) is 0 Å². The number of amides is 1. The Morgan fingerprint density at radius 2 is 0.744 bits per heavy atom. The molecule has 0 radical (unpaired) electrons. The SMILES string of the molecule is CCCCCCCOC(CCC(=O)OCCCCCCCC(CCCCCCCOC(=O)CCC(OCCCCCCC)OCCCCCCC)N(CC1CCN(C)CC1)C(=O)SCCCCCCC)OCCCCCCC. The van der Waals surface area contributed by atoms with Crippen LogP contribution in [0.25, 0.3) is 0 Å². The second kappa shape index (κ2) is 57.4. The van der Waals surface area contributed by atoms with Gasteiger partial charge in [0.05, 0.1) is 26.1 Å². The van der Waals surface area contributed by atoms with Crippen LogP contribution in [0.3, 0.4) is 0 Å². The zero-order valence-electron chi connectivity index (χ0n) is 52.3. The summed E-state index contributed by atoms with van der Waals surface area (Å²) in [6.07, 6.45) is 45.8. The number of ether oxygens (including phenoxy) is 6. The number of thioether (sulfide) groups is 1. The van der Waals surface area contributed by atoms with E-state index in [9.17, 15) is 14.4 Å². The molecule has 0 atom stereocenters. The van der Waals surface area contributed by atoms with Crippen LogP contribution < -0.4 is 0 Å². The van der Waals surface area contributed by atoms with E-state index in [-0.39, 0.29) is 30.6 Å². The van der Waals surface area contributed by atoms with Crippen molar-refractivity contribution in [3.63, 3.8) is 0 Å². The molecule has 1 saturated heterocycles. The molecule has 0 spiro atoms. The van der Waals surface area contributed by atoms with Gasteiger partial charge in [-0.15, -0.1) is 0 Å². The van der Waals surface area contributed by atoms with Crippen LogP contribution in [-0.2, 0) is 38.0 Å². The summed E-state index contributed by atoms with van der Waals surface area (Å²) in [5, 5.41) is 0.293. The molecule has 1 aliphatic rings. The van der Waals surface area contributed by atoms with Crippen molar-refractivity contribution in [3.05, 3.63) is 0 Å². The predicted octanol–water partition coefficient (Wildman–Crippen LogP) is 18.8. The molecule has 1 aliphatic heterocycles. The van der Waals surface area contributed by atoms with E-state index in [1.165, 1.54) is 128 Å². The van der Waals surface area contributed by atoms with Crippen LogP contribution in [0.4, 0.5) is 4.79 Å². The Balaban J connectivity index is 2.69. The summed E-state index contributed by atoms with van der Waals surface area (Å²) in [6.45, 7) is 17.9. The minimum Gasteiger partial charge on any atom is -0.466 e. The lowest BCUT2D eigenvalue weighted by Crippen LogP contribution is -2.44. The third-order valence-corrected chi connectivity index (χ3v) is 16.7. The number of nitrogens with zero attached hydrogens (tertiary/aromatic N) is 2. The van der Waals surface area contributed by atoms with Gasteiger partial charge in [0.15, 0.2) is 12.6 Å². The topological polar surface area (TPSA) is 113 Å². The number of piperidine rings is 1. The molecule has 1 rings (SSSR count). The van der Waals surface area contributed by atoms with Crippen LogP contribution in [0.15, 0.2) is 0 Å². The molecule has 1 amide bonds. The highest BCUT2D eigenvalue weighted by Crippen LogP contribution is 2.27. The van der Waals surface area contributed by atoms with Gasteiger partial charge in [0.1, 0.15) is 0 Å². The summed E-state index contributed by atoms with van der Waals surface area (Å²) in [5.41, 5.74) is 0. The van der Waals surface area contributed by atoms with Crippen molar-refractivity contribution in [1.29, 1.82) is 0 Å². The zero-order chi connectivity index (χ0) is 56.6. The van der Waals surface area contributed by atoms with E-state index >= 15 is 0 Å². The molecule has 0 unspecified atom stereocenters. The van der Waals surface area contributed by atoms with Crippen molar-refractivity contribution in [3.8, 4) is 0 Å². The first kappa shape index (κ1) is 74.6. The summed E-state index contributed by atoms with van der Waals surface area (Å²) in [6, 6.07) is 0.254. The number of esters is 2. The molecule has 78 heavy (non-hydrogen) atoms. The summed E-state index contributed by atoms with van der Waals surface area (Å²) in [7, 11) is 2.22. The fourth-order valence-electron chi connectivity index (χ4n) is 10.4. The van der Waals surface area contributed by atoms with Crippen LogP contribution in [0.5, 0.6) is 0 Å². The highest BCUT2D eigenvalue weighted by molar-refractivity contribution is 8.13. The lowest BCUT2D eigenvalue weighted by atomic mass is 9.94. The smallest absolute Gasteiger partial charge is 0.305 e. The van der Waals surface area contributed by atoms with Gasteiger partial charge in [-0.05, 0) is 96.7 Å². The zero-order valence-corrected chi connectivity index (χ0v) is 53.1. The largest absolute Gasteiger partial charge is 0.466 e. The van der Waals surface area contributed by atoms with E-state index in [0.29, 0.717) is 76.5 Å². The Labute approximate surface area is 486 Å². The Morgan fingerprint density at radius 3 is 1.12 bits per heavy atom. The van der Waals surface area contributed by atoms with Crippen molar-refractivity contribution in [1.82, 2.24) is 9.80 Å². The van der Waals surface area contributed by atoms with Gasteiger partial charge in [0.2, 0.25) is 0 Å². The van der Waals surface area contributed by atoms with E-state index in [1.807, 2.05) is 0 Å². The van der Waals surface area contributed by atoms with Crippen molar-refractivity contribution in [2.75, 3.05) is 72.1 Å². The Morgan fingerprint density at radius 1 is 0.423 bits per heavy atom. The van der Waals surface area contributed by atoms with Crippen LogP contribution in [0.2, 0.25) is 0 Å². The number of carbonyl (C=O) groups excluding carboxylic acids is 3. The van der Waals surface area contributed by atoms with Crippen LogP contribution in [-0.4, -0.2) is 118 Å². The molecule has 0 aromatic rings. The monoisotopic (exact) mass is 1120 g/mol. The second-order valence-electron chi connectivity index (χ2n) is 23.2. The minimum atomic E-state index is -0.341. The van der Waals surface area contributed by atoms with E-state index in [0.717, 1.165) is 147 Å². The molecule has 0 aromatic heterocycles. The number of unbranched alkanes of at least 4 members (excludes halogenated alkanes) is 28. The second-order valence-corrected chi connectivity index (χ2v) is 24.3. The molecule has 0 N–H and O–H groups in total. The van der Waals surface area contributed by atoms with Gasteiger partial charge < -0.3 is 38.2 Å². The molecule has 0 aliphatic carbocycles. The van der Waals surface area contributed by atoms with Gasteiger partial charge in [0.25, 0.3) is 5.24 Å². The first-order valence-corrected chi connectivity index (χ1v) is 34.7. The molecule has 0 aromatic carbocycles. The summed E-state index contributed by atoms with van der Waals surface area (Å²) in [5.74, 6) is 1.16. The normalized spacial score (nSPS) is 13.4. The van der Waals surface area contributed by atoms with Crippen LogP contribution >= 0.6 is 11.8 Å². The fourth-order valence-corrected chi connectivity index (χ4v) is 11.3. The fraction of sp³-hybridized carbons (Fsp3) is 0.955. The molecular weight excluding hydrogens is 997 g/mol. The van der Waals surface area contributed by atoms with Crippen molar-refractivity contribution in [2.24, 2.45) is 5.92 Å². The van der Waals surface area contributed by atoms with E-state index in [1.54, 1.807) is 11.8 Å². The van der Waals surface area contributed by atoms with Gasteiger partial charge >= 0.3 is 11.9 Å². The molecule has 1 heterocycles. The first-order chi connectivity index (χ1) is 38.3. The third kappa shape index (κ3) is 47.1. The molecule has 1 fully saturated rings. The van der Waals surface area contributed by atoms with Gasteiger partial charge in [-0.1, -0.05) is 226 Å². The molecule has 12 heteroatoms. The number of hydrogen-bond donors (Lipinski definition) is 0. The lowest BCUT2D eigenvalue weighted by molar-refractivity contribution is -0.159. The Kier molecular flexibility index (Phi) is 54.9. The van der Waals surface area contributed by atoms with Crippen molar-refractivity contribution < 1.29 is 42.8 Å². The number of carbonyl (C=O) groups is 3. The lowest BCUT2D eigenvalue weighted by Gasteiger charge is -2.37. The highest BCUT2D eigenvalue weighted by atomic mass is 32.2. The summed E-state index contributed by atoms with van der Waals surface area (Å²) in [4.78, 5) is 44.6. The van der Waals surface area contributed by atoms with E-state index < -0.39 is 0 Å². The third-order valence-electron chi connectivity index (χ3n) is 15.7. The van der Waals surface area contributed by atoms with Gasteiger partial charge in [-0.3, -0.25) is 14.4 Å². The number of likely N-dealkylation sites (tertiary alicyclic amines) is 1. The van der Waals surface area contributed by atoms with Crippen molar-refractivity contribution >= 4 is 28.9 Å². The standard InChI is InChI=1S/C66H128N2O9S/c1-7-12-17-26-37-54-74-64(75-55-38-27-18-13-8-2)46-44-62(69)72-52-35-30-22-24-33-42-61(68(59-60-48-50-67(6)51-49-60)66(71)78-58-41-32-21-16-11-5)43-34-25-23-31-36-53-73-63(70)45-47-65(76-56-39-28-19-14-9-3)77-57-40-29-20-15-10-4/h60-61,64-65H,7-59H2,1-6H3. The van der Waals surface area contributed by atoms with Gasteiger partial charge in [-0.2, -0.15) is 0 Å². The summed E-state index contributed by atoms with van der Waals surface area (Å²) >= 11 is 1.57. The molecule has 462 valence electrons. The molecule has 0 saturated carbocycles. The first-order valence-electron chi connectivity index (χ1n) is 33.7. The maximum absolute atomic E-state index is 14.2. The average molecular weight is 1130 g/mol. The van der Waals surface area contributed by atoms with E-state index in [4.69, 9.17) is 28.4 Å². The van der Waals surface area contributed by atoms with Crippen LogP contribution in [0, 0.1) is 5.92 Å². The molecule has 0 bridgehead atoms. The van der Waals surface area contributed by atoms with E-state index in [2.05, 4.69) is 51.5 Å². The summed E-state index contributed by atoms with van der Waals surface area (Å²) < 4.78 is 35.9. The number of rotatable bonds is 59. The molecule has 11 nitrogen and oxygen atoms in total. The predicted molar refractivity (Wildman–Crippen MR) is 330 cm³/mol. The molecular formula is C66H128N2O9S.